The van der Waals surface area contributed by atoms with E-state index in [1.807, 2.05) is 14.1 Å². The van der Waals surface area contributed by atoms with Crippen LogP contribution in [-0.4, -0.2) is 35.0 Å². The molecule has 7 heteroatoms. The summed E-state index contributed by atoms with van der Waals surface area (Å²) >= 11 is 9.42. The quantitative estimate of drug-likeness (QED) is 0.849. The van der Waals surface area contributed by atoms with Crippen LogP contribution < -0.4 is 5.32 Å². The van der Waals surface area contributed by atoms with Gasteiger partial charge in [0.2, 0.25) is 5.91 Å². The molecule has 0 radical (unpaired) electrons. The lowest BCUT2D eigenvalue weighted by Crippen LogP contribution is -2.21. The highest BCUT2D eigenvalue weighted by Crippen LogP contribution is 2.19. The molecular formula is C11H12BrFN2OS2. The monoisotopic (exact) mass is 350 g/mol. The standard InChI is InChI=1S/C11H12BrFN2OS2/c1-15(2)11(17)18-6-10(16)14-9-4-3-7(12)5-8(9)13/h3-5H,6H2,1-2H3,(H,14,16). The van der Waals surface area contributed by atoms with E-state index in [0.29, 0.717) is 8.79 Å². The highest BCUT2D eigenvalue weighted by Gasteiger charge is 2.09. The van der Waals surface area contributed by atoms with E-state index in [1.54, 1.807) is 11.0 Å². The number of thiocarbonyl (C=S) groups is 1. The number of anilines is 1. The van der Waals surface area contributed by atoms with Gasteiger partial charge in [0.05, 0.1) is 11.4 Å². The highest BCUT2D eigenvalue weighted by molar-refractivity contribution is 9.10. The Hall–Kier alpha value is -0.660. The van der Waals surface area contributed by atoms with Gasteiger partial charge in [0.15, 0.2) is 0 Å². The number of carbonyl (C=O) groups is 1. The van der Waals surface area contributed by atoms with Crippen LogP contribution in [0.5, 0.6) is 0 Å². The van der Waals surface area contributed by atoms with Crippen LogP contribution in [0.15, 0.2) is 22.7 Å². The first kappa shape index (κ1) is 15.4. The van der Waals surface area contributed by atoms with Crippen LogP contribution in [0.3, 0.4) is 0 Å². The molecule has 1 aromatic carbocycles. The van der Waals surface area contributed by atoms with Crippen LogP contribution in [0.4, 0.5) is 10.1 Å². The molecule has 0 heterocycles. The molecule has 0 atom stereocenters. The van der Waals surface area contributed by atoms with Gasteiger partial charge < -0.3 is 10.2 Å². The van der Waals surface area contributed by atoms with Crippen LogP contribution >= 0.6 is 39.9 Å². The lowest BCUT2D eigenvalue weighted by Gasteiger charge is -2.12. The Kier molecular flexibility index (Phi) is 6.04. The van der Waals surface area contributed by atoms with Crippen molar-refractivity contribution in [3.63, 3.8) is 0 Å². The van der Waals surface area contributed by atoms with Crippen molar-refractivity contribution in [2.45, 2.75) is 0 Å². The molecule has 0 aliphatic rings. The van der Waals surface area contributed by atoms with E-state index in [1.165, 1.54) is 23.9 Å². The van der Waals surface area contributed by atoms with Crippen LogP contribution in [-0.2, 0) is 4.79 Å². The van der Waals surface area contributed by atoms with Gasteiger partial charge in [-0.1, -0.05) is 39.9 Å². The largest absolute Gasteiger partial charge is 0.364 e. The van der Waals surface area contributed by atoms with E-state index in [4.69, 9.17) is 12.2 Å². The summed E-state index contributed by atoms with van der Waals surface area (Å²) in [6.45, 7) is 0. The third kappa shape index (κ3) is 4.91. The number of nitrogens with zero attached hydrogens (tertiary/aromatic N) is 1. The lowest BCUT2D eigenvalue weighted by molar-refractivity contribution is -0.113. The number of halogens is 2. The van der Waals surface area contributed by atoms with E-state index in [2.05, 4.69) is 21.2 Å². The molecule has 18 heavy (non-hydrogen) atoms. The molecule has 0 saturated carbocycles. The van der Waals surface area contributed by atoms with E-state index in [0.717, 1.165) is 0 Å². The number of hydrogen-bond donors (Lipinski definition) is 1. The van der Waals surface area contributed by atoms with E-state index >= 15 is 0 Å². The number of benzene rings is 1. The summed E-state index contributed by atoms with van der Waals surface area (Å²) in [5, 5.41) is 2.50. The van der Waals surface area contributed by atoms with Crippen molar-refractivity contribution in [1.82, 2.24) is 4.90 Å². The smallest absolute Gasteiger partial charge is 0.234 e. The summed E-state index contributed by atoms with van der Waals surface area (Å²) in [6.07, 6.45) is 0. The molecule has 0 unspecified atom stereocenters. The Morgan fingerprint density at radius 2 is 2.22 bits per heavy atom. The maximum Gasteiger partial charge on any atom is 0.234 e. The van der Waals surface area contributed by atoms with Gasteiger partial charge in [-0.05, 0) is 18.2 Å². The summed E-state index contributed by atoms with van der Waals surface area (Å²) in [6, 6.07) is 4.47. The molecule has 0 saturated heterocycles. The minimum atomic E-state index is -0.474. The van der Waals surface area contributed by atoms with Crippen molar-refractivity contribution >= 4 is 55.8 Å². The second-order valence-electron chi connectivity index (χ2n) is 3.62. The third-order valence-electron chi connectivity index (χ3n) is 1.90. The molecular weight excluding hydrogens is 339 g/mol. The topological polar surface area (TPSA) is 32.3 Å². The Morgan fingerprint density at radius 3 is 2.78 bits per heavy atom. The first-order valence-corrected chi connectivity index (χ1v) is 7.18. The lowest BCUT2D eigenvalue weighted by atomic mass is 10.3. The number of amides is 1. The molecule has 1 rings (SSSR count). The van der Waals surface area contributed by atoms with Crippen LogP contribution in [0, 0.1) is 5.82 Å². The van der Waals surface area contributed by atoms with Gasteiger partial charge in [-0.15, -0.1) is 0 Å². The maximum atomic E-state index is 13.5. The molecule has 3 nitrogen and oxygen atoms in total. The number of nitrogens with one attached hydrogen (secondary N) is 1. The maximum absolute atomic E-state index is 13.5. The van der Waals surface area contributed by atoms with Crippen molar-refractivity contribution in [3.8, 4) is 0 Å². The zero-order valence-corrected chi connectivity index (χ0v) is 13.1. The second-order valence-corrected chi connectivity index (χ2v) is 6.15. The van der Waals surface area contributed by atoms with Gasteiger partial charge in [-0.3, -0.25) is 4.79 Å². The molecule has 0 fully saturated rings. The summed E-state index contributed by atoms with van der Waals surface area (Å²) in [7, 11) is 3.61. The fraction of sp³-hybridized carbons (Fsp3) is 0.273. The minimum Gasteiger partial charge on any atom is -0.364 e. The van der Waals surface area contributed by atoms with Crippen molar-refractivity contribution < 1.29 is 9.18 Å². The SMILES string of the molecule is CN(C)C(=S)SCC(=O)Nc1ccc(Br)cc1F. The molecule has 0 aliphatic heterocycles. The van der Waals surface area contributed by atoms with Gasteiger partial charge in [-0.2, -0.15) is 0 Å². The Labute approximate surface area is 123 Å². The minimum absolute atomic E-state index is 0.159. The summed E-state index contributed by atoms with van der Waals surface area (Å²) < 4.78 is 14.7. The van der Waals surface area contributed by atoms with E-state index in [9.17, 15) is 9.18 Å². The average Bonchev–Trinajstić information content (AvgIpc) is 2.29. The molecule has 1 aromatic rings. The Balaban J connectivity index is 2.52. The van der Waals surface area contributed by atoms with Crippen LogP contribution in [0.1, 0.15) is 0 Å². The van der Waals surface area contributed by atoms with E-state index in [-0.39, 0.29) is 17.3 Å². The van der Waals surface area contributed by atoms with Gasteiger partial charge in [0.25, 0.3) is 0 Å². The van der Waals surface area contributed by atoms with Crippen molar-refractivity contribution in [2.75, 3.05) is 25.2 Å². The molecule has 0 spiro atoms. The summed E-state index contributed by atoms with van der Waals surface area (Å²) in [4.78, 5) is 13.3. The predicted molar refractivity (Wildman–Crippen MR) is 81.5 cm³/mol. The van der Waals surface area contributed by atoms with Gasteiger partial charge >= 0.3 is 0 Å². The van der Waals surface area contributed by atoms with Gasteiger partial charge in [0, 0.05) is 18.6 Å². The molecule has 0 aliphatic carbocycles. The molecule has 0 aromatic heterocycles. The summed E-state index contributed by atoms with van der Waals surface area (Å²) in [5.74, 6) is -0.602. The predicted octanol–water partition coefficient (Wildman–Crippen LogP) is 3.11. The zero-order valence-electron chi connectivity index (χ0n) is 9.87. The van der Waals surface area contributed by atoms with E-state index < -0.39 is 5.82 Å². The average molecular weight is 351 g/mol. The van der Waals surface area contributed by atoms with Gasteiger partial charge in [0.1, 0.15) is 10.1 Å². The third-order valence-corrected chi connectivity index (χ3v) is 4.13. The summed E-state index contributed by atoms with van der Waals surface area (Å²) in [5.41, 5.74) is 0.166. The fourth-order valence-corrected chi connectivity index (χ4v) is 2.13. The first-order valence-electron chi connectivity index (χ1n) is 4.99. The van der Waals surface area contributed by atoms with Gasteiger partial charge in [-0.25, -0.2) is 4.39 Å². The number of hydrogen-bond acceptors (Lipinski definition) is 3. The number of carbonyl (C=O) groups excluding carboxylic acids is 1. The second kappa shape index (κ2) is 7.06. The fourth-order valence-electron chi connectivity index (χ4n) is 1.03. The Morgan fingerprint density at radius 1 is 1.56 bits per heavy atom. The van der Waals surface area contributed by atoms with Crippen LogP contribution in [0.2, 0.25) is 0 Å². The number of thioether (sulfide) groups is 1. The molecule has 0 bridgehead atoms. The molecule has 98 valence electrons. The highest BCUT2D eigenvalue weighted by atomic mass is 79.9. The van der Waals surface area contributed by atoms with Crippen LogP contribution in [0.25, 0.3) is 0 Å². The normalized spacial score (nSPS) is 10.0. The van der Waals surface area contributed by atoms with Crippen molar-refractivity contribution in [1.29, 1.82) is 0 Å². The molecule has 1 N–H and O–H groups in total. The number of rotatable bonds is 3. The Bertz CT molecular complexity index is 468. The van der Waals surface area contributed by atoms with Crippen molar-refractivity contribution in [3.05, 3.63) is 28.5 Å². The van der Waals surface area contributed by atoms with Crippen molar-refractivity contribution in [2.24, 2.45) is 0 Å². The zero-order chi connectivity index (χ0) is 13.7. The first-order chi connectivity index (χ1) is 8.40. The molecule has 1 amide bonds.